The first-order chi connectivity index (χ1) is 5.33. The number of nitrogens with zero attached hydrogens (tertiary/aromatic N) is 4. The van der Waals surface area contributed by atoms with Crippen LogP contribution in [0.2, 0.25) is 0 Å². The van der Waals surface area contributed by atoms with Gasteiger partial charge in [0.2, 0.25) is 6.19 Å². The Morgan fingerprint density at radius 3 is 2.55 bits per heavy atom. The van der Waals surface area contributed by atoms with Crippen molar-refractivity contribution in [2.75, 3.05) is 33.2 Å². The van der Waals surface area contributed by atoms with Gasteiger partial charge in [-0.25, -0.2) is 0 Å². The fraction of sp³-hybridized carbons (Fsp3) is 0.714. The maximum absolute atomic E-state index is 8.16. The largest absolute Gasteiger partial charge is 0.359 e. The normalized spacial score (nSPS) is 20.5. The van der Waals surface area contributed by atoms with E-state index in [-0.39, 0.29) is 0 Å². The number of piperazine rings is 1. The van der Waals surface area contributed by atoms with E-state index in [2.05, 4.69) is 21.8 Å². The molecule has 11 heavy (non-hydrogen) atoms. The molecule has 0 radical (unpaired) electrons. The fourth-order valence-electron chi connectivity index (χ4n) is 1.04. The van der Waals surface area contributed by atoms with Gasteiger partial charge in [-0.15, -0.1) is 0 Å². The van der Waals surface area contributed by atoms with E-state index >= 15 is 0 Å². The second-order valence-corrected chi connectivity index (χ2v) is 2.68. The summed E-state index contributed by atoms with van der Waals surface area (Å²) in [7, 11) is 2.10. The van der Waals surface area contributed by atoms with Gasteiger partial charge >= 0.3 is 0 Å². The monoisotopic (exact) mass is 152 g/mol. The molecule has 0 unspecified atom stereocenters. The van der Waals surface area contributed by atoms with Gasteiger partial charge in [0, 0.05) is 26.2 Å². The third-order valence-electron chi connectivity index (χ3n) is 1.82. The van der Waals surface area contributed by atoms with Gasteiger partial charge in [0.25, 0.3) is 0 Å². The van der Waals surface area contributed by atoms with Crippen molar-refractivity contribution in [1.29, 1.82) is 5.26 Å². The summed E-state index contributed by atoms with van der Waals surface area (Å²) in [5, 5.41) is 8.16. The van der Waals surface area contributed by atoms with Crippen molar-refractivity contribution in [3.8, 4) is 6.19 Å². The summed E-state index contributed by atoms with van der Waals surface area (Å²) in [6.45, 7) is 4.05. The molecule has 60 valence electrons. The van der Waals surface area contributed by atoms with Crippen LogP contribution >= 0.6 is 0 Å². The molecule has 1 aliphatic heterocycles. The van der Waals surface area contributed by atoms with Gasteiger partial charge in [-0.2, -0.15) is 10.3 Å². The summed E-state index contributed by atoms with van der Waals surface area (Å²) >= 11 is 0. The molecule has 0 aromatic rings. The van der Waals surface area contributed by atoms with E-state index in [1.807, 2.05) is 0 Å². The van der Waals surface area contributed by atoms with Crippen molar-refractivity contribution in [2.24, 2.45) is 4.99 Å². The minimum atomic E-state index is 0.974. The maximum atomic E-state index is 8.16. The van der Waals surface area contributed by atoms with E-state index in [9.17, 15) is 0 Å². The van der Waals surface area contributed by atoms with E-state index in [4.69, 9.17) is 5.26 Å². The summed E-state index contributed by atoms with van der Waals surface area (Å²) in [6.07, 6.45) is 3.36. The lowest BCUT2D eigenvalue weighted by Gasteiger charge is -2.30. The summed E-state index contributed by atoms with van der Waals surface area (Å²) in [5.74, 6) is 0. The zero-order valence-corrected chi connectivity index (χ0v) is 6.69. The molecule has 4 heteroatoms. The number of hydrogen-bond acceptors (Lipinski definition) is 3. The molecule has 0 saturated carbocycles. The van der Waals surface area contributed by atoms with E-state index < -0.39 is 0 Å². The minimum absolute atomic E-state index is 0.974. The second-order valence-electron chi connectivity index (χ2n) is 2.68. The predicted octanol–water partition coefficient (Wildman–Crippen LogP) is -0.257. The van der Waals surface area contributed by atoms with Gasteiger partial charge in [0.1, 0.15) is 6.34 Å². The SMILES string of the molecule is CN1CCN(C=NC#N)CC1. The van der Waals surface area contributed by atoms with Gasteiger partial charge in [-0.3, -0.25) is 0 Å². The average molecular weight is 152 g/mol. The van der Waals surface area contributed by atoms with Crippen LogP contribution in [0.15, 0.2) is 4.99 Å². The molecule has 4 nitrogen and oxygen atoms in total. The summed E-state index contributed by atoms with van der Waals surface area (Å²) in [6, 6.07) is 0. The maximum Gasteiger partial charge on any atom is 0.207 e. The highest BCUT2D eigenvalue weighted by Gasteiger charge is 2.09. The molecule has 0 aromatic heterocycles. The minimum Gasteiger partial charge on any atom is -0.359 e. The molecule has 0 bridgehead atoms. The molecule has 0 aliphatic carbocycles. The summed E-state index contributed by atoms with van der Waals surface area (Å²) < 4.78 is 0. The quantitative estimate of drug-likeness (QED) is 0.295. The van der Waals surface area contributed by atoms with Gasteiger partial charge in [-0.1, -0.05) is 0 Å². The Labute approximate surface area is 66.7 Å². The van der Waals surface area contributed by atoms with Crippen LogP contribution in [0.3, 0.4) is 0 Å². The van der Waals surface area contributed by atoms with Crippen molar-refractivity contribution >= 4 is 6.34 Å². The molecule has 0 aromatic carbocycles. The van der Waals surface area contributed by atoms with Gasteiger partial charge in [0.15, 0.2) is 0 Å². The van der Waals surface area contributed by atoms with Gasteiger partial charge in [0.05, 0.1) is 0 Å². The van der Waals surface area contributed by atoms with E-state index in [0.717, 1.165) is 26.2 Å². The van der Waals surface area contributed by atoms with Crippen molar-refractivity contribution in [3.63, 3.8) is 0 Å². The lowest BCUT2D eigenvalue weighted by Crippen LogP contribution is -2.43. The molecule has 1 fully saturated rings. The first kappa shape index (κ1) is 8.02. The van der Waals surface area contributed by atoms with Crippen molar-refractivity contribution in [3.05, 3.63) is 0 Å². The molecule has 1 heterocycles. The Bertz CT molecular complexity index is 173. The average Bonchev–Trinajstić information content (AvgIpc) is 2.04. The Hall–Kier alpha value is -1.08. The predicted molar refractivity (Wildman–Crippen MR) is 43.2 cm³/mol. The Morgan fingerprint density at radius 1 is 1.36 bits per heavy atom. The number of hydrogen-bond donors (Lipinski definition) is 0. The van der Waals surface area contributed by atoms with Crippen LogP contribution in [0.25, 0.3) is 0 Å². The highest BCUT2D eigenvalue weighted by molar-refractivity contribution is 5.56. The third-order valence-corrected chi connectivity index (χ3v) is 1.82. The van der Waals surface area contributed by atoms with Crippen LogP contribution in [-0.2, 0) is 0 Å². The van der Waals surface area contributed by atoms with E-state index in [0.29, 0.717) is 0 Å². The van der Waals surface area contributed by atoms with Crippen LogP contribution in [0.4, 0.5) is 0 Å². The molecule has 0 spiro atoms. The molecule has 1 aliphatic rings. The summed E-state index contributed by atoms with van der Waals surface area (Å²) in [4.78, 5) is 7.83. The van der Waals surface area contributed by atoms with E-state index in [1.165, 1.54) is 0 Å². The second kappa shape index (κ2) is 3.94. The zero-order valence-electron chi connectivity index (χ0n) is 6.69. The molecule has 0 atom stereocenters. The topological polar surface area (TPSA) is 42.6 Å². The number of nitriles is 1. The highest BCUT2D eigenvalue weighted by Crippen LogP contribution is 1.95. The van der Waals surface area contributed by atoms with Crippen LogP contribution < -0.4 is 0 Å². The lowest BCUT2D eigenvalue weighted by molar-refractivity contribution is 0.219. The van der Waals surface area contributed by atoms with Crippen molar-refractivity contribution in [2.45, 2.75) is 0 Å². The Kier molecular flexibility index (Phi) is 2.87. The first-order valence-corrected chi connectivity index (χ1v) is 3.68. The number of likely N-dealkylation sites (N-methyl/N-ethyl adjacent to an activating group) is 1. The highest BCUT2D eigenvalue weighted by atomic mass is 15.3. The van der Waals surface area contributed by atoms with Crippen molar-refractivity contribution in [1.82, 2.24) is 9.80 Å². The molecular formula is C7H12N4. The first-order valence-electron chi connectivity index (χ1n) is 3.68. The lowest BCUT2D eigenvalue weighted by atomic mass is 10.4. The molecule has 0 N–H and O–H groups in total. The Balaban J connectivity index is 2.29. The molecule has 1 rings (SSSR count). The number of rotatable bonds is 1. The molecule has 0 amide bonds. The Morgan fingerprint density at radius 2 is 2.00 bits per heavy atom. The fourth-order valence-corrected chi connectivity index (χ4v) is 1.04. The third kappa shape index (κ3) is 2.56. The van der Waals surface area contributed by atoms with Crippen LogP contribution in [0.5, 0.6) is 0 Å². The molecule has 1 saturated heterocycles. The van der Waals surface area contributed by atoms with Crippen LogP contribution in [0.1, 0.15) is 0 Å². The van der Waals surface area contributed by atoms with Gasteiger partial charge < -0.3 is 9.80 Å². The zero-order chi connectivity index (χ0) is 8.10. The molecular weight excluding hydrogens is 140 g/mol. The summed E-state index contributed by atoms with van der Waals surface area (Å²) in [5.41, 5.74) is 0. The van der Waals surface area contributed by atoms with Gasteiger partial charge in [-0.05, 0) is 7.05 Å². The van der Waals surface area contributed by atoms with Crippen molar-refractivity contribution < 1.29 is 0 Å². The van der Waals surface area contributed by atoms with Crippen LogP contribution in [0, 0.1) is 11.5 Å². The van der Waals surface area contributed by atoms with Crippen LogP contribution in [-0.4, -0.2) is 49.4 Å². The van der Waals surface area contributed by atoms with E-state index in [1.54, 1.807) is 12.5 Å². The number of aliphatic imine (C=N–C) groups is 1. The smallest absolute Gasteiger partial charge is 0.207 e. The standard InChI is InChI=1S/C7H12N4/c1-10-2-4-11(5-3-10)7-9-6-8/h7H,2-5H2,1H3.